The number of hydrogen-bond acceptors (Lipinski definition) is 7. The van der Waals surface area contributed by atoms with Crippen molar-refractivity contribution < 1.29 is 14.1 Å². The molecule has 178 valence electrons. The molecule has 0 saturated carbocycles. The summed E-state index contributed by atoms with van der Waals surface area (Å²) in [6.07, 6.45) is 1.94. The number of hydrogen-bond donors (Lipinski definition) is 0. The molecule has 5 rings (SSSR count). The highest BCUT2D eigenvalue weighted by Crippen LogP contribution is 2.24. The van der Waals surface area contributed by atoms with Crippen LogP contribution in [0.25, 0.3) is 11.4 Å². The first-order valence-electron chi connectivity index (χ1n) is 12.0. The summed E-state index contributed by atoms with van der Waals surface area (Å²) in [5, 5.41) is 4.13. The number of piperidine rings is 1. The topological polar surface area (TPSA) is 74.9 Å². The van der Waals surface area contributed by atoms with E-state index in [0.29, 0.717) is 18.3 Å². The van der Waals surface area contributed by atoms with Crippen molar-refractivity contribution >= 4 is 11.6 Å². The van der Waals surface area contributed by atoms with Gasteiger partial charge in [-0.25, -0.2) is 0 Å². The van der Waals surface area contributed by atoms with Crippen LogP contribution in [0.4, 0.5) is 5.69 Å². The Morgan fingerprint density at radius 3 is 2.53 bits per heavy atom. The third-order valence-electron chi connectivity index (χ3n) is 6.74. The lowest BCUT2D eigenvalue weighted by molar-refractivity contribution is -0.137. The lowest BCUT2D eigenvalue weighted by Gasteiger charge is -2.39. The van der Waals surface area contributed by atoms with Crippen LogP contribution in [0.15, 0.2) is 59.1 Å². The number of carbonyl (C=O) groups is 1. The summed E-state index contributed by atoms with van der Waals surface area (Å²) in [5.41, 5.74) is 2.11. The fraction of sp³-hybridized carbons (Fsp3) is 0.423. The van der Waals surface area contributed by atoms with Crippen molar-refractivity contribution in [2.75, 3.05) is 51.3 Å². The Hall–Kier alpha value is -3.39. The molecule has 2 fully saturated rings. The molecule has 2 aromatic carbocycles. The molecule has 1 aromatic heterocycles. The van der Waals surface area contributed by atoms with E-state index in [9.17, 15) is 4.79 Å². The zero-order valence-corrected chi connectivity index (χ0v) is 19.6. The van der Waals surface area contributed by atoms with Gasteiger partial charge in [-0.3, -0.25) is 9.69 Å². The number of amides is 1. The second-order valence-corrected chi connectivity index (χ2v) is 8.96. The van der Waals surface area contributed by atoms with E-state index in [2.05, 4.69) is 44.2 Å². The van der Waals surface area contributed by atoms with Crippen molar-refractivity contribution in [2.45, 2.75) is 19.4 Å². The first-order valence-corrected chi connectivity index (χ1v) is 12.0. The molecule has 0 bridgehead atoms. The molecule has 2 aliphatic heterocycles. The summed E-state index contributed by atoms with van der Waals surface area (Å²) in [5.74, 6) is 2.25. The van der Waals surface area contributed by atoms with Crippen molar-refractivity contribution in [3.05, 3.63) is 60.5 Å². The molecule has 1 unspecified atom stereocenters. The minimum absolute atomic E-state index is 0.0287. The van der Waals surface area contributed by atoms with E-state index in [1.165, 1.54) is 5.69 Å². The molecule has 0 N–H and O–H groups in total. The number of aromatic nitrogens is 2. The van der Waals surface area contributed by atoms with Gasteiger partial charge < -0.3 is 19.1 Å². The molecular formula is C26H31N5O3. The molecule has 2 aliphatic rings. The van der Waals surface area contributed by atoms with Gasteiger partial charge in [0.1, 0.15) is 5.75 Å². The van der Waals surface area contributed by atoms with Crippen LogP contribution in [0.5, 0.6) is 5.75 Å². The molecule has 8 nitrogen and oxygen atoms in total. The van der Waals surface area contributed by atoms with Gasteiger partial charge in [0.15, 0.2) is 0 Å². The van der Waals surface area contributed by atoms with Crippen molar-refractivity contribution in [3.63, 3.8) is 0 Å². The molecule has 1 amide bonds. The summed E-state index contributed by atoms with van der Waals surface area (Å²) in [4.78, 5) is 24.5. The second kappa shape index (κ2) is 10.3. The molecule has 3 aromatic rings. The first-order chi connectivity index (χ1) is 16.7. The summed E-state index contributed by atoms with van der Waals surface area (Å²) in [7, 11) is 1.64. The first kappa shape index (κ1) is 22.4. The van der Waals surface area contributed by atoms with Gasteiger partial charge in [0.05, 0.1) is 19.6 Å². The van der Waals surface area contributed by atoms with E-state index in [0.717, 1.165) is 63.4 Å². The van der Waals surface area contributed by atoms with Gasteiger partial charge in [-0.05, 0) is 55.8 Å². The Morgan fingerprint density at radius 2 is 1.79 bits per heavy atom. The van der Waals surface area contributed by atoms with E-state index in [1.807, 2.05) is 35.2 Å². The van der Waals surface area contributed by atoms with E-state index in [4.69, 9.17) is 9.26 Å². The smallest absolute Gasteiger partial charge is 0.241 e. The Bertz CT molecular complexity index is 1080. The summed E-state index contributed by atoms with van der Waals surface area (Å²) < 4.78 is 10.7. The van der Waals surface area contributed by atoms with Crippen LogP contribution in [0.2, 0.25) is 0 Å². The van der Waals surface area contributed by atoms with Gasteiger partial charge >= 0.3 is 0 Å². The predicted octanol–water partition coefficient (Wildman–Crippen LogP) is 3.31. The average molecular weight is 462 g/mol. The maximum Gasteiger partial charge on any atom is 0.241 e. The zero-order valence-electron chi connectivity index (χ0n) is 19.6. The number of likely N-dealkylation sites (tertiary alicyclic amines) is 1. The predicted molar refractivity (Wildman–Crippen MR) is 130 cm³/mol. The van der Waals surface area contributed by atoms with Gasteiger partial charge in [-0.1, -0.05) is 23.4 Å². The van der Waals surface area contributed by atoms with Gasteiger partial charge in [0.2, 0.25) is 17.6 Å². The van der Waals surface area contributed by atoms with Crippen LogP contribution in [0.1, 0.15) is 18.7 Å². The molecule has 0 spiro atoms. The highest BCUT2D eigenvalue weighted by molar-refractivity contribution is 5.79. The van der Waals surface area contributed by atoms with Crippen LogP contribution in [0, 0.1) is 5.92 Å². The number of nitrogens with zero attached hydrogens (tertiary/aromatic N) is 5. The van der Waals surface area contributed by atoms with E-state index < -0.39 is 0 Å². The summed E-state index contributed by atoms with van der Waals surface area (Å²) in [6, 6.07) is 18.0. The fourth-order valence-electron chi connectivity index (χ4n) is 4.85. The zero-order chi connectivity index (χ0) is 23.3. The van der Waals surface area contributed by atoms with Gasteiger partial charge in [-0.2, -0.15) is 4.98 Å². The Morgan fingerprint density at radius 1 is 1.03 bits per heavy atom. The number of rotatable bonds is 6. The van der Waals surface area contributed by atoms with Crippen molar-refractivity contribution in [2.24, 2.45) is 5.92 Å². The second-order valence-electron chi connectivity index (χ2n) is 8.96. The molecule has 34 heavy (non-hydrogen) atoms. The molecule has 3 heterocycles. The number of anilines is 1. The number of carbonyl (C=O) groups excluding carboxylic acids is 1. The number of para-hydroxylation sites is 1. The summed E-state index contributed by atoms with van der Waals surface area (Å²) >= 11 is 0. The molecule has 8 heteroatoms. The Balaban J connectivity index is 1.14. The number of methoxy groups -OCH3 is 1. The van der Waals surface area contributed by atoms with Crippen LogP contribution in [0.3, 0.4) is 0 Å². The van der Waals surface area contributed by atoms with Crippen LogP contribution >= 0.6 is 0 Å². The quantitative estimate of drug-likeness (QED) is 0.558. The Kier molecular flexibility index (Phi) is 6.76. The van der Waals surface area contributed by atoms with Gasteiger partial charge in [0.25, 0.3) is 0 Å². The van der Waals surface area contributed by atoms with Crippen molar-refractivity contribution in [3.8, 4) is 17.1 Å². The third-order valence-corrected chi connectivity index (χ3v) is 6.74. The van der Waals surface area contributed by atoms with Crippen LogP contribution < -0.4 is 9.64 Å². The third kappa shape index (κ3) is 5.07. The van der Waals surface area contributed by atoms with Crippen molar-refractivity contribution in [1.82, 2.24) is 19.9 Å². The minimum Gasteiger partial charge on any atom is -0.497 e. The number of piperazine rings is 1. The molecular weight excluding hydrogens is 430 g/mol. The van der Waals surface area contributed by atoms with Gasteiger partial charge in [0, 0.05) is 44.0 Å². The normalized spacial score (nSPS) is 19.3. The van der Waals surface area contributed by atoms with Crippen LogP contribution in [-0.4, -0.2) is 72.2 Å². The largest absolute Gasteiger partial charge is 0.497 e. The van der Waals surface area contributed by atoms with Gasteiger partial charge in [-0.15, -0.1) is 0 Å². The average Bonchev–Trinajstić information content (AvgIpc) is 3.37. The maximum atomic E-state index is 13.3. The molecule has 2 saturated heterocycles. The SMILES string of the molecule is COc1ccc(-c2noc(CN3CCCC(C(=O)N4CCN(c5ccccc5)CC4)C3)n2)cc1. The van der Waals surface area contributed by atoms with E-state index in [1.54, 1.807) is 7.11 Å². The molecule has 0 aliphatic carbocycles. The van der Waals surface area contributed by atoms with Crippen LogP contribution in [-0.2, 0) is 11.3 Å². The van der Waals surface area contributed by atoms with E-state index in [-0.39, 0.29) is 11.8 Å². The highest BCUT2D eigenvalue weighted by atomic mass is 16.5. The Labute approximate surface area is 200 Å². The maximum absolute atomic E-state index is 13.3. The minimum atomic E-state index is 0.0287. The lowest BCUT2D eigenvalue weighted by Crippen LogP contribution is -2.52. The summed E-state index contributed by atoms with van der Waals surface area (Å²) in [6.45, 7) is 5.54. The molecule has 1 atom stereocenters. The highest BCUT2D eigenvalue weighted by Gasteiger charge is 2.31. The van der Waals surface area contributed by atoms with E-state index >= 15 is 0 Å². The number of ether oxygens (including phenoxy) is 1. The lowest BCUT2D eigenvalue weighted by atomic mass is 9.96. The fourth-order valence-corrected chi connectivity index (χ4v) is 4.85. The standard InChI is InChI=1S/C26H31N5O3/c1-33-23-11-9-20(10-12-23)25-27-24(34-28-25)19-29-13-5-6-21(18-29)26(32)31-16-14-30(15-17-31)22-7-3-2-4-8-22/h2-4,7-12,21H,5-6,13-19H2,1H3. The number of benzene rings is 2. The monoisotopic (exact) mass is 461 g/mol. The molecule has 0 radical (unpaired) electrons. The van der Waals surface area contributed by atoms with Crippen molar-refractivity contribution in [1.29, 1.82) is 0 Å².